The van der Waals surface area contributed by atoms with Crippen LogP contribution in [0.1, 0.15) is 12.8 Å². The van der Waals surface area contributed by atoms with Crippen molar-refractivity contribution in [2.45, 2.75) is 12.8 Å². The first-order valence-electron chi connectivity index (χ1n) is 3.68. The zero-order valence-electron chi connectivity index (χ0n) is 6.53. The van der Waals surface area contributed by atoms with Crippen molar-refractivity contribution in [2.75, 3.05) is 5.75 Å². The van der Waals surface area contributed by atoms with Crippen LogP contribution in [0.5, 0.6) is 5.06 Å². The Labute approximate surface area is 81.0 Å². The predicted molar refractivity (Wildman–Crippen MR) is 53.0 cm³/mol. The van der Waals surface area contributed by atoms with Crippen molar-refractivity contribution in [3.05, 3.63) is 17.5 Å². The van der Waals surface area contributed by atoms with Gasteiger partial charge in [-0.15, -0.1) is 11.3 Å². The van der Waals surface area contributed by atoms with Gasteiger partial charge in [0.1, 0.15) is 0 Å². The van der Waals surface area contributed by atoms with Gasteiger partial charge < -0.3 is 4.74 Å². The molecular weight excluding hydrogens is 192 g/mol. The van der Waals surface area contributed by atoms with E-state index in [9.17, 15) is 4.79 Å². The molecule has 1 aromatic heterocycles. The molecule has 0 bridgehead atoms. The van der Waals surface area contributed by atoms with Crippen LogP contribution in [0.15, 0.2) is 17.5 Å². The molecular formula is C8H10O2S2. The molecule has 0 spiro atoms. The quantitative estimate of drug-likeness (QED) is 0.599. The normalized spacial score (nSPS) is 9.75. The lowest BCUT2D eigenvalue weighted by Crippen LogP contribution is -2.06. The molecule has 4 heteroatoms. The summed E-state index contributed by atoms with van der Waals surface area (Å²) in [6.45, 7) is 0. The summed E-state index contributed by atoms with van der Waals surface area (Å²) >= 11 is 5.43. The largest absolute Gasteiger partial charge is 0.415 e. The second-order valence-corrected chi connectivity index (χ2v) is 3.59. The van der Waals surface area contributed by atoms with Crippen LogP contribution < -0.4 is 4.74 Å². The van der Waals surface area contributed by atoms with E-state index in [1.54, 1.807) is 6.07 Å². The van der Waals surface area contributed by atoms with E-state index >= 15 is 0 Å². The molecule has 0 fully saturated rings. The van der Waals surface area contributed by atoms with Crippen LogP contribution in [-0.4, -0.2) is 11.7 Å². The van der Waals surface area contributed by atoms with Gasteiger partial charge in [0.05, 0.1) is 0 Å². The van der Waals surface area contributed by atoms with Crippen LogP contribution in [0.3, 0.4) is 0 Å². The number of ether oxygens (including phenoxy) is 1. The third kappa shape index (κ3) is 3.28. The van der Waals surface area contributed by atoms with Gasteiger partial charge in [-0.1, -0.05) is 0 Å². The molecule has 0 saturated carbocycles. The van der Waals surface area contributed by atoms with Gasteiger partial charge in [-0.25, -0.2) is 0 Å². The number of thiophene rings is 1. The average molecular weight is 202 g/mol. The van der Waals surface area contributed by atoms with Gasteiger partial charge >= 0.3 is 5.97 Å². The Morgan fingerprint density at radius 1 is 1.67 bits per heavy atom. The third-order valence-corrected chi connectivity index (χ3v) is 2.31. The zero-order valence-corrected chi connectivity index (χ0v) is 8.24. The highest BCUT2D eigenvalue weighted by atomic mass is 32.1. The number of carbonyl (C=O) groups excluding carboxylic acids is 1. The fourth-order valence-corrected chi connectivity index (χ4v) is 1.46. The van der Waals surface area contributed by atoms with Crippen molar-refractivity contribution in [2.24, 2.45) is 0 Å². The molecule has 1 aromatic rings. The van der Waals surface area contributed by atoms with E-state index in [0.717, 1.165) is 12.2 Å². The van der Waals surface area contributed by atoms with Gasteiger partial charge in [0.25, 0.3) is 0 Å². The molecule has 0 aliphatic heterocycles. The first kappa shape index (κ1) is 9.61. The molecule has 0 unspecified atom stereocenters. The van der Waals surface area contributed by atoms with Gasteiger partial charge in [0.15, 0.2) is 5.06 Å². The molecule has 12 heavy (non-hydrogen) atoms. The fourth-order valence-electron chi connectivity index (χ4n) is 0.708. The van der Waals surface area contributed by atoms with E-state index < -0.39 is 0 Å². The van der Waals surface area contributed by atoms with Gasteiger partial charge in [0, 0.05) is 6.42 Å². The lowest BCUT2D eigenvalue weighted by molar-refractivity contribution is -0.134. The highest BCUT2D eigenvalue weighted by molar-refractivity contribution is 7.80. The molecule has 66 valence electrons. The highest BCUT2D eigenvalue weighted by Crippen LogP contribution is 2.18. The SMILES string of the molecule is O=C(CCCS)Oc1cccs1. The molecule has 0 saturated heterocycles. The Balaban J connectivity index is 2.27. The molecule has 0 aromatic carbocycles. The van der Waals surface area contributed by atoms with Crippen LogP contribution in [0.4, 0.5) is 0 Å². The highest BCUT2D eigenvalue weighted by Gasteiger charge is 2.03. The van der Waals surface area contributed by atoms with Gasteiger partial charge in [-0.3, -0.25) is 4.79 Å². The van der Waals surface area contributed by atoms with Crippen LogP contribution in [-0.2, 0) is 4.79 Å². The number of hydrogen-bond donors (Lipinski definition) is 1. The van der Waals surface area contributed by atoms with E-state index in [2.05, 4.69) is 12.6 Å². The minimum absolute atomic E-state index is 0.175. The van der Waals surface area contributed by atoms with Gasteiger partial charge in [-0.05, 0) is 29.7 Å². The number of rotatable bonds is 4. The summed E-state index contributed by atoms with van der Waals surface area (Å²) in [7, 11) is 0. The summed E-state index contributed by atoms with van der Waals surface area (Å²) < 4.78 is 5.00. The van der Waals surface area contributed by atoms with Crippen molar-refractivity contribution in [1.29, 1.82) is 0 Å². The smallest absolute Gasteiger partial charge is 0.312 e. The van der Waals surface area contributed by atoms with E-state index in [4.69, 9.17) is 4.74 Å². The minimum atomic E-state index is -0.175. The Morgan fingerprint density at radius 3 is 3.08 bits per heavy atom. The summed E-state index contributed by atoms with van der Waals surface area (Å²) in [5.41, 5.74) is 0. The molecule has 0 radical (unpaired) electrons. The third-order valence-electron chi connectivity index (χ3n) is 1.25. The van der Waals surface area contributed by atoms with E-state index in [0.29, 0.717) is 11.5 Å². The number of thiol groups is 1. The maximum Gasteiger partial charge on any atom is 0.312 e. The molecule has 1 rings (SSSR count). The van der Waals surface area contributed by atoms with Crippen molar-refractivity contribution >= 4 is 29.9 Å². The fraction of sp³-hybridized carbons (Fsp3) is 0.375. The second kappa shape index (κ2) is 5.22. The maximum atomic E-state index is 11.0. The topological polar surface area (TPSA) is 26.3 Å². The van der Waals surface area contributed by atoms with Crippen molar-refractivity contribution < 1.29 is 9.53 Å². The lowest BCUT2D eigenvalue weighted by Gasteiger charge is -1.98. The number of carbonyl (C=O) groups is 1. The number of esters is 1. The molecule has 2 nitrogen and oxygen atoms in total. The summed E-state index contributed by atoms with van der Waals surface area (Å²) in [5.74, 6) is 0.547. The monoisotopic (exact) mass is 202 g/mol. The zero-order chi connectivity index (χ0) is 8.81. The van der Waals surface area contributed by atoms with Crippen LogP contribution in [0.2, 0.25) is 0 Å². The van der Waals surface area contributed by atoms with Crippen molar-refractivity contribution in [1.82, 2.24) is 0 Å². The van der Waals surface area contributed by atoms with Crippen LogP contribution in [0.25, 0.3) is 0 Å². The Hall–Kier alpha value is -0.480. The Kier molecular flexibility index (Phi) is 4.18. The average Bonchev–Trinajstić information content (AvgIpc) is 2.53. The molecule has 0 atom stereocenters. The minimum Gasteiger partial charge on any atom is -0.415 e. The molecule has 1 heterocycles. The van der Waals surface area contributed by atoms with Gasteiger partial charge in [-0.2, -0.15) is 12.6 Å². The van der Waals surface area contributed by atoms with Gasteiger partial charge in [0.2, 0.25) is 0 Å². The lowest BCUT2D eigenvalue weighted by atomic mass is 10.3. The summed E-state index contributed by atoms with van der Waals surface area (Å²) in [6, 6.07) is 3.63. The van der Waals surface area contributed by atoms with E-state index in [1.165, 1.54) is 11.3 Å². The number of hydrogen-bond acceptors (Lipinski definition) is 4. The maximum absolute atomic E-state index is 11.0. The summed E-state index contributed by atoms with van der Waals surface area (Å²) in [6.07, 6.45) is 1.22. The first-order chi connectivity index (χ1) is 5.83. The molecule has 0 N–H and O–H groups in total. The Bertz CT molecular complexity index is 231. The van der Waals surface area contributed by atoms with E-state index in [-0.39, 0.29) is 5.97 Å². The van der Waals surface area contributed by atoms with Crippen molar-refractivity contribution in [3.63, 3.8) is 0 Å². The molecule has 0 aliphatic carbocycles. The summed E-state index contributed by atoms with van der Waals surface area (Å²) in [5, 5.41) is 2.54. The molecule has 0 amide bonds. The standard InChI is InChI=1S/C8H10O2S2/c9-7(3-1-5-11)10-8-4-2-6-12-8/h2,4,6,11H,1,3,5H2. The molecule has 0 aliphatic rings. The van der Waals surface area contributed by atoms with Crippen LogP contribution in [0, 0.1) is 0 Å². The predicted octanol–water partition coefficient (Wildman–Crippen LogP) is 2.36. The van der Waals surface area contributed by atoms with Crippen molar-refractivity contribution in [3.8, 4) is 5.06 Å². The summed E-state index contributed by atoms with van der Waals surface area (Å²) in [4.78, 5) is 11.0. The second-order valence-electron chi connectivity index (χ2n) is 2.23. The Morgan fingerprint density at radius 2 is 2.50 bits per heavy atom. The first-order valence-corrected chi connectivity index (χ1v) is 5.19. The van der Waals surface area contributed by atoms with Crippen LogP contribution >= 0.6 is 24.0 Å². The van der Waals surface area contributed by atoms with E-state index in [1.807, 2.05) is 11.4 Å².